The molecule has 4 nitrogen and oxygen atoms in total. The van der Waals surface area contributed by atoms with Crippen LogP contribution in [0.15, 0.2) is 53.4 Å². The number of nitrogens with one attached hydrogen (secondary N) is 1. The van der Waals surface area contributed by atoms with Crippen LogP contribution < -0.4 is 5.32 Å². The van der Waals surface area contributed by atoms with Gasteiger partial charge in [-0.2, -0.15) is 0 Å². The van der Waals surface area contributed by atoms with E-state index < -0.39 is 6.04 Å². The lowest BCUT2D eigenvalue weighted by Gasteiger charge is -2.33. The maximum absolute atomic E-state index is 13.4. The second-order valence-electron chi connectivity index (χ2n) is 8.44. The molecule has 0 aromatic heterocycles. The van der Waals surface area contributed by atoms with Crippen molar-refractivity contribution in [1.82, 2.24) is 10.2 Å². The SMILES string of the molecule is CC[C@H](C(=O)NC1CCCCC1)N(Cc1ccc(Cl)cc1Cl)C(=O)CCSc1ccccc1. The summed E-state index contributed by atoms with van der Waals surface area (Å²) in [6, 6.07) is 15.0. The van der Waals surface area contributed by atoms with E-state index in [9.17, 15) is 9.59 Å². The van der Waals surface area contributed by atoms with Crippen molar-refractivity contribution in [3.05, 3.63) is 64.1 Å². The summed E-state index contributed by atoms with van der Waals surface area (Å²) in [5.41, 5.74) is 0.786. The smallest absolute Gasteiger partial charge is 0.243 e. The number of halogens is 2. The van der Waals surface area contributed by atoms with Crippen molar-refractivity contribution in [2.75, 3.05) is 5.75 Å². The van der Waals surface area contributed by atoms with Crippen molar-refractivity contribution < 1.29 is 9.59 Å². The molecule has 178 valence electrons. The fraction of sp³-hybridized carbons (Fsp3) is 0.462. The highest BCUT2D eigenvalue weighted by molar-refractivity contribution is 7.99. The van der Waals surface area contributed by atoms with Gasteiger partial charge in [-0.15, -0.1) is 11.8 Å². The second-order valence-corrected chi connectivity index (χ2v) is 10.4. The van der Waals surface area contributed by atoms with Gasteiger partial charge in [0.05, 0.1) is 0 Å². The molecular weight excluding hydrogens is 475 g/mol. The van der Waals surface area contributed by atoms with Gasteiger partial charge >= 0.3 is 0 Å². The molecule has 2 aromatic carbocycles. The van der Waals surface area contributed by atoms with Crippen LogP contribution >= 0.6 is 35.0 Å². The van der Waals surface area contributed by atoms with Crippen LogP contribution in [0, 0.1) is 0 Å². The molecule has 1 saturated carbocycles. The van der Waals surface area contributed by atoms with Crippen LogP contribution in [-0.4, -0.2) is 34.6 Å². The van der Waals surface area contributed by atoms with Crippen LogP contribution in [0.4, 0.5) is 0 Å². The zero-order valence-corrected chi connectivity index (χ0v) is 21.4. The number of nitrogens with zero attached hydrogens (tertiary/aromatic N) is 1. The lowest BCUT2D eigenvalue weighted by Crippen LogP contribution is -2.51. The zero-order valence-electron chi connectivity index (χ0n) is 19.1. The summed E-state index contributed by atoms with van der Waals surface area (Å²) >= 11 is 14.1. The molecule has 1 fully saturated rings. The van der Waals surface area contributed by atoms with Gasteiger partial charge in [0, 0.05) is 39.7 Å². The number of thioether (sulfide) groups is 1. The van der Waals surface area contributed by atoms with E-state index in [1.54, 1.807) is 28.8 Å². The second kappa shape index (κ2) is 13.3. The predicted octanol–water partition coefficient (Wildman–Crippen LogP) is 6.73. The molecule has 7 heteroatoms. The van der Waals surface area contributed by atoms with Crippen molar-refractivity contribution in [1.29, 1.82) is 0 Å². The Hall–Kier alpha value is -1.69. The highest BCUT2D eigenvalue weighted by Crippen LogP contribution is 2.25. The van der Waals surface area contributed by atoms with Gasteiger partial charge in [0.2, 0.25) is 11.8 Å². The first-order chi connectivity index (χ1) is 16.0. The molecule has 33 heavy (non-hydrogen) atoms. The van der Waals surface area contributed by atoms with Crippen molar-refractivity contribution >= 4 is 46.8 Å². The lowest BCUT2D eigenvalue weighted by atomic mass is 9.95. The van der Waals surface area contributed by atoms with Crippen molar-refractivity contribution in [3.63, 3.8) is 0 Å². The fourth-order valence-electron chi connectivity index (χ4n) is 4.21. The van der Waals surface area contributed by atoms with Crippen LogP contribution in [-0.2, 0) is 16.1 Å². The maximum Gasteiger partial charge on any atom is 0.243 e. The molecule has 0 saturated heterocycles. The van der Waals surface area contributed by atoms with E-state index in [-0.39, 0.29) is 24.4 Å². The average molecular weight is 508 g/mol. The number of carbonyl (C=O) groups is 2. The molecule has 0 spiro atoms. The summed E-state index contributed by atoms with van der Waals surface area (Å²) in [4.78, 5) is 29.4. The minimum atomic E-state index is -0.534. The minimum absolute atomic E-state index is 0.0462. The topological polar surface area (TPSA) is 49.4 Å². The average Bonchev–Trinajstić information content (AvgIpc) is 2.81. The number of carbonyl (C=O) groups excluding carboxylic acids is 2. The van der Waals surface area contributed by atoms with E-state index in [0.717, 1.165) is 36.1 Å². The van der Waals surface area contributed by atoms with Gasteiger partial charge in [0.1, 0.15) is 6.04 Å². The predicted molar refractivity (Wildman–Crippen MR) is 138 cm³/mol. The molecular formula is C26H32Cl2N2O2S. The Balaban J connectivity index is 1.73. The fourth-order valence-corrected chi connectivity index (χ4v) is 5.54. The van der Waals surface area contributed by atoms with E-state index in [1.165, 1.54) is 6.42 Å². The minimum Gasteiger partial charge on any atom is -0.352 e. The quantitative estimate of drug-likeness (QED) is 0.363. The third kappa shape index (κ3) is 7.94. The Morgan fingerprint density at radius 3 is 2.48 bits per heavy atom. The standard InChI is InChI=1S/C26H32Cl2N2O2S/c1-2-24(26(32)29-21-9-5-3-6-10-21)30(18-19-13-14-20(27)17-23(19)28)25(31)15-16-33-22-11-7-4-8-12-22/h4,7-8,11-14,17,21,24H,2-3,5-6,9-10,15-16,18H2,1H3,(H,29,32)/t24-/m1/s1. The van der Waals surface area contributed by atoms with Crippen LogP contribution in [0.1, 0.15) is 57.4 Å². The Labute approximate surface area is 211 Å². The number of amides is 2. The molecule has 1 aliphatic carbocycles. The lowest BCUT2D eigenvalue weighted by molar-refractivity contribution is -0.141. The van der Waals surface area contributed by atoms with Gasteiger partial charge in [-0.05, 0) is 49.1 Å². The molecule has 1 N–H and O–H groups in total. The summed E-state index contributed by atoms with van der Waals surface area (Å²) in [5, 5.41) is 4.25. The normalized spacial score (nSPS) is 15.1. The maximum atomic E-state index is 13.4. The largest absolute Gasteiger partial charge is 0.352 e. The van der Waals surface area contributed by atoms with Crippen LogP contribution in [0.5, 0.6) is 0 Å². The van der Waals surface area contributed by atoms with E-state index in [4.69, 9.17) is 23.2 Å². The van der Waals surface area contributed by atoms with Gasteiger partial charge in [0.25, 0.3) is 0 Å². The van der Waals surface area contributed by atoms with E-state index in [0.29, 0.717) is 28.6 Å². The molecule has 0 unspecified atom stereocenters. The molecule has 1 atom stereocenters. The Morgan fingerprint density at radius 1 is 1.09 bits per heavy atom. The van der Waals surface area contributed by atoms with Crippen LogP contribution in [0.2, 0.25) is 10.0 Å². The molecule has 1 aliphatic rings. The summed E-state index contributed by atoms with van der Waals surface area (Å²) in [5.74, 6) is 0.530. The zero-order chi connectivity index (χ0) is 23.6. The van der Waals surface area contributed by atoms with Gasteiger partial charge in [0.15, 0.2) is 0 Å². The number of hydrogen-bond donors (Lipinski definition) is 1. The van der Waals surface area contributed by atoms with Gasteiger partial charge < -0.3 is 10.2 Å². The Bertz CT molecular complexity index is 920. The van der Waals surface area contributed by atoms with Gasteiger partial charge in [-0.1, -0.05) is 73.7 Å². The van der Waals surface area contributed by atoms with Crippen molar-refractivity contribution in [2.45, 2.75) is 75.4 Å². The summed E-state index contributed by atoms with van der Waals surface area (Å²) in [6.45, 7) is 2.23. The monoisotopic (exact) mass is 506 g/mol. The van der Waals surface area contributed by atoms with Crippen LogP contribution in [0.3, 0.4) is 0 Å². The number of rotatable bonds is 10. The molecule has 2 aromatic rings. The third-order valence-electron chi connectivity index (χ3n) is 6.02. The van der Waals surface area contributed by atoms with Crippen molar-refractivity contribution in [3.8, 4) is 0 Å². The number of benzene rings is 2. The molecule has 0 radical (unpaired) electrons. The Kier molecular flexibility index (Phi) is 10.4. The molecule has 0 aliphatic heterocycles. The summed E-state index contributed by atoms with van der Waals surface area (Å²) in [7, 11) is 0. The van der Waals surface area contributed by atoms with Gasteiger partial charge in [-0.3, -0.25) is 9.59 Å². The highest BCUT2D eigenvalue weighted by atomic mass is 35.5. The molecule has 3 rings (SSSR count). The summed E-state index contributed by atoms with van der Waals surface area (Å²) in [6.07, 6.45) is 6.41. The molecule has 0 heterocycles. The van der Waals surface area contributed by atoms with Crippen LogP contribution in [0.25, 0.3) is 0 Å². The third-order valence-corrected chi connectivity index (χ3v) is 7.62. The number of hydrogen-bond acceptors (Lipinski definition) is 3. The highest BCUT2D eigenvalue weighted by Gasteiger charge is 2.30. The Morgan fingerprint density at radius 2 is 1.82 bits per heavy atom. The first-order valence-corrected chi connectivity index (χ1v) is 13.4. The first kappa shape index (κ1) is 25.9. The van der Waals surface area contributed by atoms with E-state index in [2.05, 4.69) is 5.32 Å². The summed E-state index contributed by atoms with van der Waals surface area (Å²) < 4.78 is 0. The molecule has 2 amide bonds. The first-order valence-electron chi connectivity index (χ1n) is 11.7. The molecule has 0 bridgehead atoms. The van der Waals surface area contributed by atoms with E-state index in [1.807, 2.05) is 43.3 Å². The van der Waals surface area contributed by atoms with Gasteiger partial charge in [-0.25, -0.2) is 0 Å². The van der Waals surface area contributed by atoms with Crippen molar-refractivity contribution in [2.24, 2.45) is 0 Å². The van der Waals surface area contributed by atoms with E-state index >= 15 is 0 Å².